The van der Waals surface area contributed by atoms with Crippen LogP contribution < -0.4 is 5.73 Å². The fraction of sp³-hybridized carbons (Fsp3) is 0.923. The molecule has 98 valence electrons. The molecule has 4 heteroatoms. The van der Waals surface area contributed by atoms with E-state index in [1.165, 1.54) is 6.42 Å². The van der Waals surface area contributed by atoms with Crippen LogP contribution in [0.3, 0.4) is 0 Å². The van der Waals surface area contributed by atoms with Gasteiger partial charge >= 0.3 is 5.97 Å². The van der Waals surface area contributed by atoms with E-state index in [0.717, 1.165) is 38.0 Å². The van der Waals surface area contributed by atoms with Gasteiger partial charge in [0.15, 0.2) is 0 Å². The van der Waals surface area contributed by atoms with Crippen molar-refractivity contribution in [1.29, 1.82) is 0 Å². The van der Waals surface area contributed by atoms with Crippen LogP contribution >= 0.6 is 0 Å². The minimum absolute atomic E-state index is 0.0770. The fourth-order valence-electron chi connectivity index (χ4n) is 2.68. The molecule has 1 aliphatic heterocycles. The van der Waals surface area contributed by atoms with Gasteiger partial charge in [-0.05, 0) is 31.6 Å². The molecule has 0 spiro atoms. The Morgan fingerprint density at radius 3 is 2.65 bits per heavy atom. The first kappa shape index (κ1) is 12.8. The summed E-state index contributed by atoms with van der Waals surface area (Å²) in [6.45, 7) is 3.41. The molecule has 1 saturated heterocycles. The lowest BCUT2D eigenvalue weighted by Crippen LogP contribution is -2.52. The maximum absolute atomic E-state index is 12.1. The zero-order valence-electron chi connectivity index (χ0n) is 10.6. The van der Waals surface area contributed by atoms with Crippen LogP contribution in [0.25, 0.3) is 0 Å². The van der Waals surface area contributed by atoms with Gasteiger partial charge in [-0.25, -0.2) is 0 Å². The van der Waals surface area contributed by atoms with Gasteiger partial charge in [-0.2, -0.15) is 0 Å². The summed E-state index contributed by atoms with van der Waals surface area (Å²) in [5.74, 6) is 0.511. The molecular formula is C13H23NO3. The van der Waals surface area contributed by atoms with Crippen molar-refractivity contribution < 1.29 is 14.3 Å². The van der Waals surface area contributed by atoms with E-state index in [1.54, 1.807) is 0 Å². The quantitative estimate of drug-likeness (QED) is 0.763. The summed E-state index contributed by atoms with van der Waals surface area (Å²) in [4.78, 5) is 12.1. The summed E-state index contributed by atoms with van der Waals surface area (Å²) in [5, 5.41) is 0. The molecule has 0 aromatic carbocycles. The van der Waals surface area contributed by atoms with Crippen LogP contribution in [0.4, 0.5) is 0 Å². The Bertz CT molecular complexity index is 266. The van der Waals surface area contributed by atoms with Gasteiger partial charge in [-0.3, -0.25) is 4.79 Å². The van der Waals surface area contributed by atoms with Gasteiger partial charge in [0.1, 0.15) is 11.6 Å². The molecule has 2 rings (SSSR count). The summed E-state index contributed by atoms with van der Waals surface area (Å²) >= 11 is 0. The molecule has 1 saturated carbocycles. The number of nitrogens with two attached hydrogens (primary N) is 1. The third-order valence-corrected chi connectivity index (χ3v) is 4.14. The van der Waals surface area contributed by atoms with Crippen LogP contribution in [0.1, 0.15) is 45.4 Å². The van der Waals surface area contributed by atoms with Crippen molar-refractivity contribution in [1.82, 2.24) is 0 Å². The molecule has 0 amide bonds. The number of carbonyl (C=O) groups is 1. The number of carbonyl (C=O) groups excluding carboxylic acids is 1. The second-order valence-electron chi connectivity index (χ2n) is 5.40. The summed E-state index contributed by atoms with van der Waals surface area (Å²) in [7, 11) is 0. The maximum Gasteiger partial charge on any atom is 0.326 e. The second kappa shape index (κ2) is 5.36. The molecule has 17 heavy (non-hydrogen) atoms. The Morgan fingerprint density at radius 1 is 1.41 bits per heavy atom. The first-order chi connectivity index (χ1) is 8.14. The van der Waals surface area contributed by atoms with Crippen molar-refractivity contribution in [2.75, 3.05) is 13.2 Å². The molecule has 1 atom stereocenters. The van der Waals surface area contributed by atoms with Crippen molar-refractivity contribution >= 4 is 5.97 Å². The Hall–Kier alpha value is -0.610. The van der Waals surface area contributed by atoms with Crippen molar-refractivity contribution in [2.24, 2.45) is 11.7 Å². The zero-order valence-corrected chi connectivity index (χ0v) is 10.6. The summed E-state index contributed by atoms with van der Waals surface area (Å²) < 4.78 is 10.6. The van der Waals surface area contributed by atoms with Gasteiger partial charge in [0.05, 0.1) is 13.2 Å². The van der Waals surface area contributed by atoms with E-state index < -0.39 is 5.54 Å². The van der Waals surface area contributed by atoms with Gasteiger partial charge in [-0.1, -0.05) is 13.3 Å². The molecule has 0 radical (unpaired) electrons. The lowest BCUT2D eigenvalue weighted by molar-refractivity contribution is -0.157. The lowest BCUT2D eigenvalue weighted by Gasteiger charge is -2.35. The third kappa shape index (κ3) is 2.99. The molecule has 1 heterocycles. The number of hydrogen-bond donors (Lipinski definition) is 1. The minimum atomic E-state index is -0.742. The molecule has 0 aromatic heterocycles. The molecular weight excluding hydrogens is 218 g/mol. The standard InChI is InChI=1S/C13H23NO3/c1-2-10-3-6-13(14,7-4-10)12(15)17-11-5-8-16-9-11/h10-11H,2-9,14H2,1H3. The number of hydrogen-bond acceptors (Lipinski definition) is 4. The molecule has 2 aliphatic rings. The van der Waals surface area contributed by atoms with Gasteiger partial charge < -0.3 is 15.2 Å². The molecule has 2 N–H and O–H groups in total. The number of ether oxygens (including phenoxy) is 2. The second-order valence-corrected chi connectivity index (χ2v) is 5.40. The van der Waals surface area contributed by atoms with E-state index in [4.69, 9.17) is 15.2 Å². The summed E-state index contributed by atoms with van der Waals surface area (Å²) in [6, 6.07) is 0. The SMILES string of the molecule is CCC1CCC(N)(C(=O)OC2CCOC2)CC1. The van der Waals surface area contributed by atoms with Crippen LogP contribution in [0.5, 0.6) is 0 Å². The maximum atomic E-state index is 12.1. The van der Waals surface area contributed by atoms with Crippen LogP contribution in [0.15, 0.2) is 0 Å². The number of rotatable bonds is 3. The third-order valence-electron chi connectivity index (χ3n) is 4.14. The predicted octanol–water partition coefficient (Wildman–Crippen LogP) is 1.62. The van der Waals surface area contributed by atoms with Crippen LogP contribution in [-0.4, -0.2) is 30.8 Å². The van der Waals surface area contributed by atoms with Crippen LogP contribution in [0, 0.1) is 5.92 Å². The highest BCUT2D eigenvalue weighted by atomic mass is 16.6. The average Bonchev–Trinajstić information content (AvgIpc) is 2.83. The Labute approximate surface area is 103 Å². The number of esters is 1. The summed E-state index contributed by atoms with van der Waals surface area (Å²) in [5.41, 5.74) is 5.44. The average molecular weight is 241 g/mol. The van der Waals surface area contributed by atoms with E-state index in [0.29, 0.717) is 13.2 Å². The smallest absolute Gasteiger partial charge is 0.326 e. The highest BCUT2D eigenvalue weighted by Gasteiger charge is 2.40. The zero-order chi connectivity index (χ0) is 12.3. The van der Waals surface area contributed by atoms with E-state index in [2.05, 4.69) is 6.92 Å². The van der Waals surface area contributed by atoms with E-state index in [9.17, 15) is 4.79 Å². The van der Waals surface area contributed by atoms with Crippen LogP contribution in [0.2, 0.25) is 0 Å². The van der Waals surface area contributed by atoms with E-state index in [-0.39, 0.29) is 12.1 Å². The normalized spacial score (nSPS) is 38.0. The minimum Gasteiger partial charge on any atom is -0.458 e. The molecule has 1 unspecified atom stereocenters. The molecule has 0 bridgehead atoms. The van der Waals surface area contributed by atoms with Gasteiger partial charge in [0, 0.05) is 6.42 Å². The van der Waals surface area contributed by atoms with Gasteiger partial charge in [-0.15, -0.1) is 0 Å². The van der Waals surface area contributed by atoms with Gasteiger partial charge in [0.25, 0.3) is 0 Å². The van der Waals surface area contributed by atoms with Gasteiger partial charge in [0.2, 0.25) is 0 Å². The van der Waals surface area contributed by atoms with Crippen molar-refractivity contribution in [2.45, 2.75) is 57.1 Å². The van der Waals surface area contributed by atoms with Crippen molar-refractivity contribution in [3.8, 4) is 0 Å². The van der Waals surface area contributed by atoms with E-state index in [1.807, 2.05) is 0 Å². The highest BCUT2D eigenvalue weighted by Crippen LogP contribution is 2.33. The van der Waals surface area contributed by atoms with E-state index >= 15 is 0 Å². The Balaban J connectivity index is 1.85. The molecule has 2 fully saturated rings. The fourth-order valence-corrected chi connectivity index (χ4v) is 2.68. The molecule has 1 aliphatic carbocycles. The largest absolute Gasteiger partial charge is 0.458 e. The Morgan fingerprint density at radius 2 is 2.12 bits per heavy atom. The lowest BCUT2D eigenvalue weighted by atomic mass is 9.76. The first-order valence-electron chi connectivity index (χ1n) is 6.72. The Kier molecular flexibility index (Phi) is 4.05. The first-order valence-corrected chi connectivity index (χ1v) is 6.72. The van der Waals surface area contributed by atoms with Crippen molar-refractivity contribution in [3.63, 3.8) is 0 Å². The topological polar surface area (TPSA) is 61.6 Å². The highest BCUT2D eigenvalue weighted by molar-refractivity contribution is 5.80. The summed E-state index contributed by atoms with van der Waals surface area (Å²) in [6.07, 6.45) is 5.52. The predicted molar refractivity (Wildman–Crippen MR) is 64.5 cm³/mol. The van der Waals surface area contributed by atoms with Crippen LogP contribution in [-0.2, 0) is 14.3 Å². The molecule has 0 aromatic rings. The monoisotopic (exact) mass is 241 g/mol. The van der Waals surface area contributed by atoms with Crippen molar-refractivity contribution in [3.05, 3.63) is 0 Å². The molecule has 4 nitrogen and oxygen atoms in total.